The summed E-state index contributed by atoms with van der Waals surface area (Å²) < 4.78 is 5.34. The molecule has 0 fully saturated rings. The zero-order valence-electron chi connectivity index (χ0n) is 19.0. The Labute approximate surface area is 198 Å². The van der Waals surface area contributed by atoms with Crippen LogP contribution in [0.2, 0.25) is 0 Å². The number of carbonyl (C=O) groups is 2. The highest BCUT2D eigenvalue weighted by molar-refractivity contribution is 7.10. The van der Waals surface area contributed by atoms with Gasteiger partial charge in [0.25, 0.3) is 0 Å². The van der Waals surface area contributed by atoms with Gasteiger partial charge in [-0.2, -0.15) is 0 Å². The third-order valence-electron chi connectivity index (χ3n) is 5.86. The number of ether oxygens (including phenoxy) is 1. The van der Waals surface area contributed by atoms with Crippen LogP contribution >= 0.6 is 11.3 Å². The van der Waals surface area contributed by atoms with Crippen LogP contribution in [0.15, 0.2) is 66.0 Å². The van der Waals surface area contributed by atoms with Crippen molar-refractivity contribution in [1.29, 1.82) is 0 Å². The van der Waals surface area contributed by atoms with Gasteiger partial charge in [-0.3, -0.25) is 4.79 Å². The lowest BCUT2D eigenvalue weighted by Gasteiger charge is -2.37. The topological polar surface area (TPSA) is 61.9 Å². The third kappa shape index (κ3) is 5.03. The van der Waals surface area contributed by atoms with Crippen LogP contribution in [-0.2, 0) is 11.2 Å². The Morgan fingerprint density at radius 3 is 2.64 bits per heavy atom. The van der Waals surface area contributed by atoms with Gasteiger partial charge in [-0.05, 0) is 47.5 Å². The zero-order valence-corrected chi connectivity index (χ0v) is 19.8. The Balaban J connectivity index is 1.54. The van der Waals surface area contributed by atoms with Gasteiger partial charge in [-0.15, -0.1) is 11.3 Å². The molecule has 2 heterocycles. The van der Waals surface area contributed by atoms with E-state index in [-0.39, 0.29) is 24.5 Å². The van der Waals surface area contributed by atoms with Crippen molar-refractivity contribution in [2.75, 3.05) is 32.1 Å². The molecule has 0 spiro atoms. The Morgan fingerprint density at radius 2 is 1.88 bits per heavy atom. The summed E-state index contributed by atoms with van der Waals surface area (Å²) in [5, 5.41) is 5.00. The van der Waals surface area contributed by atoms with Crippen LogP contribution in [0.25, 0.3) is 0 Å². The summed E-state index contributed by atoms with van der Waals surface area (Å²) in [5.41, 5.74) is 2.86. The monoisotopic (exact) mass is 463 g/mol. The minimum absolute atomic E-state index is 0.0254. The van der Waals surface area contributed by atoms with Crippen LogP contribution < -0.4 is 10.1 Å². The number of nitrogens with zero attached hydrogens (tertiary/aromatic N) is 2. The molecule has 1 N–H and O–H groups in total. The van der Waals surface area contributed by atoms with Crippen molar-refractivity contribution in [3.05, 3.63) is 82.0 Å². The molecule has 6 nitrogen and oxygen atoms in total. The molecule has 1 aromatic heterocycles. The van der Waals surface area contributed by atoms with Crippen LogP contribution in [0, 0.1) is 0 Å². The molecule has 1 unspecified atom stereocenters. The van der Waals surface area contributed by atoms with E-state index in [1.54, 1.807) is 35.5 Å². The number of fused-ring (bicyclic) bond motifs is 1. The average Bonchev–Trinajstić information content (AvgIpc) is 3.33. The fourth-order valence-corrected chi connectivity index (χ4v) is 5.20. The van der Waals surface area contributed by atoms with E-state index >= 15 is 0 Å². The van der Waals surface area contributed by atoms with Crippen LogP contribution in [0.4, 0.5) is 10.5 Å². The molecule has 3 aromatic rings. The Kier molecular flexibility index (Phi) is 7.29. The van der Waals surface area contributed by atoms with Crippen molar-refractivity contribution >= 4 is 29.0 Å². The fraction of sp³-hybridized carbons (Fsp3) is 0.308. The molecule has 1 aliphatic heterocycles. The van der Waals surface area contributed by atoms with Gasteiger partial charge in [0.15, 0.2) is 0 Å². The number of amides is 3. The predicted molar refractivity (Wildman–Crippen MR) is 132 cm³/mol. The van der Waals surface area contributed by atoms with Gasteiger partial charge in [0, 0.05) is 18.0 Å². The van der Waals surface area contributed by atoms with E-state index in [1.165, 1.54) is 10.4 Å². The van der Waals surface area contributed by atoms with Crippen LogP contribution in [0.5, 0.6) is 5.75 Å². The number of anilines is 1. The molecule has 4 rings (SSSR count). The largest absolute Gasteiger partial charge is 0.495 e. The van der Waals surface area contributed by atoms with Crippen LogP contribution in [0.1, 0.15) is 35.4 Å². The second-order valence-electron chi connectivity index (χ2n) is 8.00. The number of carbonyl (C=O) groups excluding carboxylic acids is 2. The summed E-state index contributed by atoms with van der Waals surface area (Å²) in [6.07, 6.45) is 1.59. The minimum Gasteiger partial charge on any atom is -0.495 e. The summed E-state index contributed by atoms with van der Waals surface area (Å²) in [7, 11) is 1.57. The quantitative estimate of drug-likeness (QED) is 0.526. The molecular formula is C26H29N3O3S. The van der Waals surface area contributed by atoms with Crippen LogP contribution in [-0.4, -0.2) is 48.5 Å². The van der Waals surface area contributed by atoms with Crippen molar-refractivity contribution in [2.24, 2.45) is 0 Å². The lowest BCUT2D eigenvalue weighted by molar-refractivity contribution is -0.133. The molecule has 172 valence electrons. The number of benzene rings is 2. The smallest absolute Gasteiger partial charge is 0.322 e. The van der Waals surface area contributed by atoms with E-state index in [4.69, 9.17) is 4.74 Å². The van der Waals surface area contributed by atoms with E-state index in [9.17, 15) is 9.59 Å². The highest BCUT2D eigenvalue weighted by Gasteiger charge is 2.33. The highest BCUT2D eigenvalue weighted by Crippen LogP contribution is 2.37. The summed E-state index contributed by atoms with van der Waals surface area (Å²) in [6, 6.07) is 19.1. The number of thiophene rings is 1. The number of hydrogen-bond acceptors (Lipinski definition) is 4. The standard InChI is InChI=1S/C26H29N3O3S/c1-3-15-28(26(31)27-21-11-7-8-12-22(21)32-2)18-24(30)29-16-13-23-20(14-17-33-23)25(29)19-9-5-4-6-10-19/h4-12,14,17,25H,3,13,15-16,18H2,1-2H3,(H,27,31). The first-order valence-electron chi connectivity index (χ1n) is 11.2. The van der Waals surface area contributed by atoms with Crippen LogP contribution in [0.3, 0.4) is 0 Å². The summed E-state index contributed by atoms with van der Waals surface area (Å²) >= 11 is 1.74. The van der Waals surface area contributed by atoms with Crippen molar-refractivity contribution < 1.29 is 14.3 Å². The molecule has 2 aromatic carbocycles. The Morgan fingerprint density at radius 1 is 1.12 bits per heavy atom. The van der Waals surface area contributed by atoms with Crippen molar-refractivity contribution in [3.63, 3.8) is 0 Å². The number of nitrogens with one attached hydrogen (secondary N) is 1. The summed E-state index contributed by atoms with van der Waals surface area (Å²) in [4.78, 5) is 31.5. The average molecular weight is 464 g/mol. The molecule has 0 aliphatic carbocycles. The number of hydrogen-bond donors (Lipinski definition) is 1. The zero-order chi connectivity index (χ0) is 23.2. The number of rotatable bonds is 7. The first-order chi connectivity index (χ1) is 16.1. The van der Waals surface area contributed by atoms with Gasteiger partial charge in [0.05, 0.1) is 18.8 Å². The van der Waals surface area contributed by atoms with E-state index in [2.05, 4.69) is 28.9 Å². The molecular weight excluding hydrogens is 434 g/mol. The molecule has 0 radical (unpaired) electrons. The second kappa shape index (κ2) is 10.5. The molecule has 1 aliphatic rings. The SMILES string of the molecule is CCCN(CC(=O)N1CCc2sccc2C1c1ccccc1)C(=O)Nc1ccccc1OC. The van der Waals surface area contributed by atoms with E-state index in [0.717, 1.165) is 18.4 Å². The van der Waals surface area contributed by atoms with Gasteiger partial charge in [-0.25, -0.2) is 4.79 Å². The second-order valence-corrected chi connectivity index (χ2v) is 9.00. The number of para-hydroxylation sites is 2. The normalized spacial score (nSPS) is 15.0. The van der Waals surface area contributed by atoms with Gasteiger partial charge >= 0.3 is 6.03 Å². The maximum absolute atomic E-state index is 13.6. The van der Waals surface area contributed by atoms with Gasteiger partial charge in [0.1, 0.15) is 12.3 Å². The molecule has 1 atom stereocenters. The van der Waals surface area contributed by atoms with E-state index < -0.39 is 0 Å². The van der Waals surface area contributed by atoms with Crippen molar-refractivity contribution in [2.45, 2.75) is 25.8 Å². The number of urea groups is 1. The lowest BCUT2D eigenvalue weighted by Crippen LogP contribution is -2.47. The van der Waals surface area contributed by atoms with E-state index in [1.807, 2.05) is 42.2 Å². The lowest BCUT2D eigenvalue weighted by atomic mass is 9.93. The Hall–Kier alpha value is -3.32. The van der Waals surface area contributed by atoms with Gasteiger partial charge in [0.2, 0.25) is 5.91 Å². The fourth-order valence-electron chi connectivity index (χ4n) is 4.30. The predicted octanol–water partition coefficient (Wildman–Crippen LogP) is 5.17. The highest BCUT2D eigenvalue weighted by atomic mass is 32.1. The summed E-state index contributed by atoms with van der Waals surface area (Å²) in [6.45, 7) is 3.15. The molecule has 0 bridgehead atoms. The minimum atomic E-state index is -0.306. The maximum Gasteiger partial charge on any atom is 0.322 e. The molecule has 7 heteroatoms. The van der Waals surface area contributed by atoms with Gasteiger partial charge < -0.3 is 19.9 Å². The molecule has 33 heavy (non-hydrogen) atoms. The van der Waals surface area contributed by atoms with Gasteiger partial charge in [-0.1, -0.05) is 49.4 Å². The van der Waals surface area contributed by atoms with E-state index in [0.29, 0.717) is 24.5 Å². The number of methoxy groups -OCH3 is 1. The molecule has 3 amide bonds. The first-order valence-corrected chi connectivity index (χ1v) is 12.1. The summed E-state index contributed by atoms with van der Waals surface area (Å²) in [5.74, 6) is 0.531. The maximum atomic E-state index is 13.6. The third-order valence-corrected chi connectivity index (χ3v) is 6.85. The van der Waals surface area contributed by atoms with Crippen molar-refractivity contribution in [1.82, 2.24) is 9.80 Å². The van der Waals surface area contributed by atoms with Crippen molar-refractivity contribution in [3.8, 4) is 5.75 Å². The Bertz CT molecular complexity index is 1100. The molecule has 0 saturated heterocycles. The molecule has 0 saturated carbocycles. The first kappa shape index (κ1) is 22.9.